The van der Waals surface area contributed by atoms with Gasteiger partial charge in [0.2, 0.25) is 18.6 Å². The van der Waals surface area contributed by atoms with E-state index in [9.17, 15) is 4.79 Å². The van der Waals surface area contributed by atoms with E-state index >= 15 is 0 Å². The minimum absolute atomic E-state index is 0.173. The Labute approximate surface area is 158 Å². The molecule has 0 spiro atoms. The number of amides is 1. The molecule has 0 saturated heterocycles. The maximum atomic E-state index is 11.9. The fourth-order valence-corrected chi connectivity index (χ4v) is 2.47. The van der Waals surface area contributed by atoms with Crippen LogP contribution in [0.25, 0.3) is 6.08 Å². The van der Waals surface area contributed by atoms with Gasteiger partial charge in [0.05, 0.1) is 0 Å². The quantitative estimate of drug-likeness (QED) is 0.568. The maximum absolute atomic E-state index is 11.9. The number of fused-ring (bicyclic) bond motifs is 1. The van der Waals surface area contributed by atoms with Crippen molar-refractivity contribution in [2.24, 2.45) is 0 Å². The van der Waals surface area contributed by atoms with Crippen molar-refractivity contribution in [2.45, 2.75) is 6.92 Å². The highest BCUT2D eigenvalue weighted by molar-refractivity contribution is 5.91. The highest BCUT2D eigenvalue weighted by atomic mass is 16.7. The Morgan fingerprint density at radius 1 is 1.19 bits per heavy atom. The number of aryl methyl sites for hydroxylation is 1. The molecular weight excluding hydrogens is 346 g/mol. The monoisotopic (exact) mass is 369 g/mol. The summed E-state index contributed by atoms with van der Waals surface area (Å²) < 4.78 is 10.6. The van der Waals surface area contributed by atoms with E-state index in [1.165, 1.54) is 6.08 Å². The zero-order chi connectivity index (χ0) is 19.2. The number of nitrogens with zero attached hydrogens (tertiary/aromatic N) is 3. The maximum Gasteiger partial charge on any atom is 0.244 e. The lowest BCUT2D eigenvalue weighted by atomic mass is 10.2. The van der Waals surface area contributed by atoms with E-state index in [-0.39, 0.29) is 12.7 Å². The zero-order valence-electron chi connectivity index (χ0n) is 15.7. The van der Waals surface area contributed by atoms with Gasteiger partial charge in [0.15, 0.2) is 11.5 Å². The summed E-state index contributed by atoms with van der Waals surface area (Å²) in [6, 6.07) is 7.45. The van der Waals surface area contributed by atoms with Gasteiger partial charge in [-0.3, -0.25) is 4.79 Å². The molecule has 0 saturated carbocycles. The van der Waals surface area contributed by atoms with E-state index in [1.54, 1.807) is 6.08 Å². The molecule has 0 radical (unpaired) electrons. The van der Waals surface area contributed by atoms with E-state index in [4.69, 9.17) is 9.47 Å². The van der Waals surface area contributed by atoms with Crippen LogP contribution in [-0.2, 0) is 4.79 Å². The number of aromatic nitrogens is 2. The Morgan fingerprint density at radius 2 is 2.00 bits per heavy atom. The predicted octanol–water partition coefficient (Wildman–Crippen LogP) is 1.82. The van der Waals surface area contributed by atoms with Crippen LogP contribution >= 0.6 is 0 Å². The van der Waals surface area contributed by atoms with Crippen molar-refractivity contribution in [3.8, 4) is 11.5 Å². The van der Waals surface area contributed by atoms with Crippen molar-refractivity contribution >= 4 is 23.7 Å². The van der Waals surface area contributed by atoms with Gasteiger partial charge in [-0.05, 0) is 30.7 Å². The van der Waals surface area contributed by atoms with Gasteiger partial charge in [-0.15, -0.1) is 0 Å². The topological polar surface area (TPSA) is 88.6 Å². The van der Waals surface area contributed by atoms with Gasteiger partial charge < -0.3 is 25.0 Å². The van der Waals surface area contributed by atoms with Gasteiger partial charge in [0, 0.05) is 45.0 Å². The van der Waals surface area contributed by atoms with Crippen LogP contribution < -0.4 is 25.0 Å². The minimum Gasteiger partial charge on any atom is -0.454 e. The molecule has 1 aliphatic rings. The number of carbonyl (C=O) groups excluding carboxylic acids is 1. The SMILES string of the molecule is Cc1cc(N(C)C)nc(NCCNC(=O)/C=C/c2ccc3c(c2)OCO3)n1. The number of hydrogen-bond donors (Lipinski definition) is 2. The van der Waals surface area contributed by atoms with Crippen molar-refractivity contribution in [1.29, 1.82) is 0 Å². The summed E-state index contributed by atoms with van der Waals surface area (Å²) in [6.45, 7) is 3.14. The summed E-state index contributed by atoms with van der Waals surface area (Å²) in [7, 11) is 3.86. The molecule has 3 rings (SSSR count). The van der Waals surface area contributed by atoms with Crippen LogP contribution in [0.5, 0.6) is 11.5 Å². The lowest BCUT2D eigenvalue weighted by Crippen LogP contribution is -2.27. The van der Waals surface area contributed by atoms with Crippen LogP contribution in [0.1, 0.15) is 11.3 Å². The number of rotatable bonds is 7. The van der Waals surface area contributed by atoms with E-state index in [0.29, 0.717) is 24.8 Å². The molecule has 0 fully saturated rings. The number of anilines is 2. The summed E-state index contributed by atoms with van der Waals surface area (Å²) in [5.74, 6) is 2.62. The fraction of sp³-hybridized carbons (Fsp3) is 0.316. The molecule has 1 aromatic carbocycles. The van der Waals surface area contributed by atoms with Crippen LogP contribution in [0.2, 0.25) is 0 Å². The summed E-state index contributed by atoms with van der Waals surface area (Å²) in [5, 5.41) is 5.94. The number of nitrogens with one attached hydrogen (secondary N) is 2. The molecule has 142 valence electrons. The first kappa shape index (κ1) is 18.5. The summed E-state index contributed by atoms with van der Waals surface area (Å²) in [4.78, 5) is 22.6. The third kappa shape index (κ3) is 5.10. The summed E-state index contributed by atoms with van der Waals surface area (Å²) in [5.41, 5.74) is 1.75. The molecule has 0 unspecified atom stereocenters. The molecule has 0 bridgehead atoms. The van der Waals surface area contributed by atoms with Gasteiger partial charge in [0.25, 0.3) is 0 Å². The minimum atomic E-state index is -0.173. The smallest absolute Gasteiger partial charge is 0.244 e. The van der Waals surface area contributed by atoms with Crippen molar-refractivity contribution in [2.75, 3.05) is 44.2 Å². The molecule has 2 heterocycles. The van der Waals surface area contributed by atoms with Crippen LogP contribution in [-0.4, -0.2) is 49.9 Å². The molecule has 1 aromatic heterocycles. The molecule has 1 amide bonds. The van der Waals surface area contributed by atoms with Gasteiger partial charge in [-0.2, -0.15) is 4.98 Å². The van der Waals surface area contributed by atoms with Crippen LogP contribution in [0.4, 0.5) is 11.8 Å². The third-order valence-corrected chi connectivity index (χ3v) is 3.83. The molecule has 8 heteroatoms. The van der Waals surface area contributed by atoms with Crippen molar-refractivity contribution in [1.82, 2.24) is 15.3 Å². The Kier molecular flexibility index (Phi) is 5.75. The van der Waals surface area contributed by atoms with Crippen molar-refractivity contribution in [3.63, 3.8) is 0 Å². The van der Waals surface area contributed by atoms with E-state index < -0.39 is 0 Å². The Bertz CT molecular complexity index is 851. The van der Waals surface area contributed by atoms with Gasteiger partial charge >= 0.3 is 0 Å². The number of benzene rings is 1. The molecular formula is C19H23N5O3. The van der Waals surface area contributed by atoms with Crippen LogP contribution in [0.15, 0.2) is 30.3 Å². The molecule has 2 aromatic rings. The zero-order valence-corrected chi connectivity index (χ0v) is 15.7. The van der Waals surface area contributed by atoms with Crippen molar-refractivity contribution < 1.29 is 14.3 Å². The second kappa shape index (κ2) is 8.39. The highest BCUT2D eigenvalue weighted by Gasteiger charge is 2.12. The third-order valence-electron chi connectivity index (χ3n) is 3.83. The van der Waals surface area contributed by atoms with E-state index in [0.717, 1.165) is 22.8 Å². The Morgan fingerprint density at radius 3 is 2.81 bits per heavy atom. The summed E-state index contributed by atoms with van der Waals surface area (Å²) in [6.07, 6.45) is 3.22. The van der Waals surface area contributed by atoms with Gasteiger partial charge in [0.1, 0.15) is 5.82 Å². The average molecular weight is 369 g/mol. The highest BCUT2D eigenvalue weighted by Crippen LogP contribution is 2.32. The lowest BCUT2D eigenvalue weighted by molar-refractivity contribution is -0.116. The second-order valence-electron chi connectivity index (χ2n) is 6.25. The normalized spacial score (nSPS) is 12.3. The largest absolute Gasteiger partial charge is 0.454 e. The molecule has 27 heavy (non-hydrogen) atoms. The molecule has 2 N–H and O–H groups in total. The standard InChI is InChI=1S/C19H23N5O3/c1-13-10-17(24(2)3)23-19(22-13)21-9-8-20-18(25)7-5-14-4-6-15-16(11-14)27-12-26-15/h4-7,10-11H,8-9,12H2,1-3H3,(H,20,25)(H,21,22,23)/b7-5+. The van der Waals surface area contributed by atoms with Gasteiger partial charge in [-0.1, -0.05) is 6.07 Å². The second-order valence-corrected chi connectivity index (χ2v) is 6.25. The van der Waals surface area contributed by atoms with Gasteiger partial charge in [-0.25, -0.2) is 4.98 Å². The molecule has 8 nitrogen and oxygen atoms in total. The molecule has 0 aliphatic carbocycles. The molecule has 0 atom stereocenters. The average Bonchev–Trinajstić information content (AvgIpc) is 3.11. The predicted molar refractivity (Wildman–Crippen MR) is 104 cm³/mol. The number of ether oxygens (including phenoxy) is 2. The lowest BCUT2D eigenvalue weighted by Gasteiger charge is -2.13. The Balaban J connectivity index is 1.44. The first-order valence-corrected chi connectivity index (χ1v) is 8.64. The van der Waals surface area contributed by atoms with Crippen LogP contribution in [0.3, 0.4) is 0 Å². The number of hydrogen-bond acceptors (Lipinski definition) is 7. The number of carbonyl (C=O) groups is 1. The first-order valence-electron chi connectivity index (χ1n) is 8.64. The van der Waals surface area contributed by atoms with Crippen molar-refractivity contribution in [3.05, 3.63) is 41.6 Å². The summed E-state index contributed by atoms with van der Waals surface area (Å²) >= 11 is 0. The van der Waals surface area contributed by atoms with E-state index in [1.807, 2.05) is 50.2 Å². The molecule has 1 aliphatic heterocycles. The fourth-order valence-electron chi connectivity index (χ4n) is 2.47. The van der Waals surface area contributed by atoms with E-state index in [2.05, 4.69) is 20.6 Å². The van der Waals surface area contributed by atoms with Crippen LogP contribution in [0, 0.1) is 6.92 Å². The Hall–Kier alpha value is -3.29. The first-order chi connectivity index (χ1) is 13.0.